The molecule has 1 aliphatic rings. The maximum atomic E-state index is 13.2. The highest BCUT2D eigenvalue weighted by atomic mass is 19.4. The summed E-state index contributed by atoms with van der Waals surface area (Å²) in [7, 11) is 1.98. The molecule has 0 amide bonds. The second kappa shape index (κ2) is 6.59. The van der Waals surface area contributed by atoms with Crippen LogP contribution in [0.25, 0.3) is 0 Å². The van der Waals surface area contributed by atoms with Crippen LogP contribution in [0, 0.1) is 0 Å². The lowest BCUT2D eigenvalue weighted by Crippen LogP contribution is -2.46. The highest BCUT2D eigenvalue weighted by Crippen LogP contribution is 2.32. The normalized spacial score (nSPS) is 22.7. The van der Waals surface area contributed by atoms with Gasteiger partial charge in [0.2, 0.25) is 0 Å². The molecule has 1 heterocycles. The Morgan fingerprint density at radius 1 is 1.25 bits per heavy atom. The Bertz CT molecular complexity index is 405. The number of nitrogens with zero attached hydrogens (tertiary/aromatic N) is 1. The SMILES string of the molecule is CN1CCCCC1CNC(c1ccccc1)C(F)(F)F. The highest BCUT2D eigenvalue weighted by Gasteiger charge is 2.40. The first-order valence-electron chi connectivity index (χ1n) is 7.04. The third-order valence-corrected chi connectivity index (χ3v) is 3.94. The van der Waals surface area contributed by atoms with E-state index in [0.29, 0.717) is 6.54 Å². The van der Waals surface area contributed by atoms with Gasteiger partial charge in [0.05, 0.1) is 0 Å². The van der Waals surface area contributed by atoms with Crippen LogP contribution in [0.4, 0.5) is 13.2 Å². The van der Waals surface area contributed by atoms with Gasteiger partial charge in [-0.1, -0.05) is 36.8 Å². The summed E-state index contributed by atoms with van der Waals surface area (Å²) in [5.41, 5.74) is 0.276. The zero-order valence-electron chi connectivity index (χ0n) is 11.7. The van der Waals surface area contributed by atoms with Crippen molar-refractivity contribution < 1.29 is 13.2 Å². The van der Waals surface area contributed by atoms with Gasteiger partial charge in [-0.2, -0.15) is 13.2 Å². The van der Waals surface area contributed by atoms with E-state index in [-0.39, 0.29) is 11.6 Å². The van der Waals surface area contributed by atoms with E-state index in [1.54, 1.807) is 18.2 Å². The average molecular weight is 286 g/mol. The van der Waals surface area contributed by atoms with Crippen molar-refractivity contribution in [1.29, 1.82) is 0 Å². The summed E-state index contributed by atoms with van der Waals surface area (Å²) in [6, 6.07) is 6.67. The van der Waals surface area contributed by atoms with Gasteiger partial charge in [0.1, 0.15) is 6.04 Å². The predicted molar refractivity (Wildman–Crippen MR) is 73.5 cm³/mol. The van der Waals surface area contributed by atoms with Crippen LogP contribution in [0.1, 0.15) is 30.9 Å². The molecule has 112 valence electrons. The molecule has 1 fully saturated rings. The molecule has 0 bridgehead atoms. The standard InChI is InChI=1S/C15H21F3N2/c1-20-10-6-5-9-13(20)11-19-14(15(16,17)18)12-7-3-2-4-8-12/h2-4,7-8,13-14,19H,5-6,9-11H2,1H3. The molecule has 2 rings (SSSR count). The van der Waals surface area contributed by atoms with Crippen molar-refractivity contribution in [2.75, 3.05) is 20.1 Å². The van der Waals surface area contributed by atoms with E-state index >= 15 is 0 Å². The summed E-state index contributed by atoms with van der Waals surface area (Å²) < 4.78 is 39.5. The minimum absolute atomic E-state index is 0.192. The van der Waals surface area contributed by atoms with E-state index in [1.165, 1.54) is 12.1 Å². The molecule has 1 aromatic carbocycles. The molecular weight excluding hydrogens is 265 g/mol. The van der Waals surface area contributed by atoms with Crippen LogP contribution in [0.5, 0.6) is 0 Å². The molecule has 2 unspecified atom stereocenters. The molecule has 1 saturated heterocycles. The Labute approximate surface area is 118 Å². The van der Waals surface area contributed by atoms with Crippen LogP contribution in [0.3, 0.4) is 0 Å². The van der Waals surface area contributed by atoms with Crippen LogP contribution < -0.4 is 5.32 Å². The van der Waals surface area contributed by atoms with Gasteiger partial charge in [0, 0.05) is 12.6 Å². The molecule has 1 aromatic rings. The van der Waals surface area contributed by atoms with Gasteiger partial charge in [-0.25, -0.2) is 0 Å². The smallest absolute Gasteiger partial charge is 0.302 e. The fraction of sp³-hybridized carbons (Fsp3) is 0.600. The third-order valence-electron chi connectivity index (χ3n) is 3.94. The molecular formula is C15H21F3N2. The number of benzene rings is 1. The molecule has 2 nitrogen and oxygen atoms in total. The topological polar surface area (TPSA) is 15.3 Å². The summed E-state index contributed by atoms with van der Waals surface area (Å²) in [4.78, 5) is 2.15. The van der Waals surface area contributed by atoms with Crippen molar-refractivity contribution in [3.8, 4) is 0 Å². The van der Waals surface area contributed by atoms with Crippen molar-refractivity contribution in [3.05, 3.63) is 35.9 Å². The van der Waals surface area contributed by atoms with Gasteiger partial charge < -0.3 is 10.2 Å². The third kappa shape index (κ3) is 3.96. The summed E-state index contributed by atoms with van der Waals surface area (Å²) >= 11 is 0. The highest BCUT2D eigenvalue weighted by molar-refractivity contribution is 5.20. The molecule has 2 atom stereocenters. The molecule has 0 saturated carbocycles. The number of likely N-dealkylation sites (tertiary alicyclic amines) is 1. The van der Waals surface area contributed by atoms with Gasteiger partial charge in [0.15, 0.2) is 0 Å². The first-order chi connectivity index (χ1) is 9.48. The maximum absolute atomic E-state index is 13.2. The van der Waals surface area contributed by atoms with Crippen molar-refractivity contribution >= 4 is 0 Å². The van der Waals surface area contributed by atoms with E-state index in [0.717, 1.165) is 25.8 Å². The predicted octanol–water partition coefficient (Wildman–Crippen LogP) is 3.36. The summed E-state index contributed by atoms with van der Waals surface area (Å²) in [5.74, 6) is 0. The summed E-state index contributed by atoms with van der Waals surface area (Å²) in [6.45, 7) is 1.34. The number of hydrogen-bond donors (Lipinski definition) is 1. The van der Waals surface area contributed by atoms with E-state index in [2.05, 4.69) is 10.2 Å². The Morgan fingerprint density at radius 2 is 1.95 bits per heavy atom. The van der Waals surface area contributed by atoms with E-state index in [1.807, 2.05) is 7.05 Å². The van der Waals surface area contributed by atoms with Crippen LogP contribution in [0.15, 0.2) is 30.3 Å². The first-order valence-corrected chi connectivity index (χ1v) is 7.04. The molecule has 0 aromatic heterocycles. The number of alkyl halides is 3. The summed E-state index contributed by atoms with van der Waals surface area (Å²) in [6.07, 6.45) is -1.08. The van der Waals surface area contributed by atoms with Crippen molar-refractivity contribution in [1.82, 2.24) is 10.2 Å². The summed E-state index contributed by atoms with van der Waals surface area (Å²) in [5, 5.41) is 2.71. The van der Waals surface area contributed by atoms with E-state index in [4.69, 9.17) is 0 Å². The lowest BCUT2D eigenvalue weighted by Gasteiger charge is -2.34. The van der Waals surface area contributed by atoms with E-state index in [9.17, 15) is 13.2 Å². The van der Waals surface area contributed by atoms with Gasteiger partial charge in [-0.3, -0.25) is 0 Å². The lowest BCUT2D eigenvalue weighted by atomic mass is 10.0. The average Bonchev–Trinajstić information content (AvgIpc) is 2.41. The maximum Gasteiger partial charge on any atom is 0.407 e. The minimum atomic E-state index is -4.27. The molecule has 20 heavy (non-hydrogen) atoms. The Kier molecular flexibility index (Phi) is 5.05. The van der Waals surface area contributed by atoms with Crippen molar-refractivity contribution in [2.45, 2.75) is 37.5 Å². The fourth-order valence-corrected chi connectivity index (χ4v) is 2.72. The number of likely N-dealkylation sites (N-methyl/N-ethyl adjacent to an activating group) is 1. The van der Waals surface area contributed by atoms with Crippen LogP contribution in [0.2, 0.25) is 0 Å². The van der Waals surface area contributed by atoms with Gasteiger partial charge >= 0.3 is 6.18 Å². The molecule has 1 aliphatic heterocycles. The van der Waals surface area contributed by atoms with Crippen molar-refractivity contribution in [2.24, 2.45) is 0 Å². The minimum Gasteiger partial charge on any atom is -0.302 e. The zero-order valence-corrected chi connectivity index (χ0v) is 11.7. The molecule has 0 spiro atoms. The first kappa shape index (κ1) is 15.3. The number of halogens is 3. The zero-order chi connectivity index (χ0) is 14.6. The van der Waals surface area contributed by atoms with Crippen molar-refractivity contribution in [3.63, 3.8) is 0 Å². The Hall–Kier alpha value is -1.07. The van der Waals surface area contributed by atoms with E-state index < -0.39 is 12.2 Å². The Balaban J connectivity index is 2.02. The van der Waals surface area contributed by atoms with Crippen LogP contribution in [-0.2, 0) is 0 Å². The second-order valence-corrected chi connectivity index (χ2v) is 5.42. The number of hydrogen-bond acceptors (Lipinski definition) is 2. The van der Waals surface area contributed by atoms with Gasteiger partial charge in [-0.05, 0) is 32.0 Å². The van der Waals surface area contributed by atoms with Gasteiger partial charge in [-0.15, -0.1) is 0 Å². The lowest BCUT2D eigenvalue weighted by molar-refractivity contribution is -0.158. The largest absolute Gasteiger partial charge is 0.407 e. The molecule has 0 aliphatic carbocycles. The second-order valence-electron chi connectivity index (χ2n) is 5.42. The van der Waals surface area contributed by atoms with Crippen LogP contribution >= 0.6 is 0 Å². The fourth-order valence-electron chi connectivity index (χ4n) is 2.72. The number of piperidine rings is 1. The van der Waals surface area contributed by atoms with Gasteiger partial charge in [0.25, 0.3) is 0 Å². The quantitative estimate of drug-likeness (QED) is 0.913. The van der Waals surface area contributed by atoms with Crippen LogP contribution in [-0.4, -0.2) is 37.3 Å². The monoisotopic (exact) mass is 286 g/mol. The molecule has 0 radical (unpaired) electrons. The Morgan fingerprint density at radius 3 is 2.55 bits per heavy atom. The number of nitrogens with one attached hydrogen (secondary N) is 1. The number of rotatable bonds is 4. The molecule has 1 N–H and O–H groups in total. The molecule has 5 heteroatoms.